The Bertz CT molecular complexity index is 283. The van der Waals surface area contributed by atoms with Gasteiger partial charge in [0, 0.05) is 17.8 Å². The molecule has 0 atom stereocenters. The molecule has 14 heavy (non-hydrogen) atoms. The molecule has 0 aromatic carbocycles. The van der Waals surface area contributed by atoms with E-state index in [0.717, 1.165) is 13.0 Å². The van der Waals surface area contributed by atoms with Crippen molar-refractivity contribution in [2.24, 2.45) is 5.41 Å². The van der Waals surface area contributed by atoms with E-state index in [4.69, 9.17) is 0 Å². The van der Waals surface area contributed by atoms with Crippen LogP contribution in [-0.4, -0.2) is 18.6 Å². The summed E-state index contributed by atoms with van der Waals surface area (Å²) < 4.78 is 0. The van der Waals surface area contributed by atoms with Gasteiger partial charge in [-0.2, -0.15) is 0 Å². The van der Waals surface area contributed by atoms with Crippen molar-refractivity contribution in [2.45, 2.75) is 34.1 Å². The molecule has 80 valence electrons. The van der Waals surface area contributed by atoms with Crippen LogP contribution in [0.25, 0.3) is 0 Å². The second-order valence-electron chi connectivity index (χ2n) is 4.62. The maximum absolute atomic E-state index is 4.57. The second kappa shape index (κ2) is 4.41. The number of hydrogen-bond acceptors (Lipinski definition) is 3. The molecule has 0 aliphatic carbocycles. The normalized spacial score (nSPS) is 12.1. The molecule has 0 saturated carbocycles. The third kappa shape index (κ3) is 3.07. The van der Waals surface area contributed by atoms with E-state index in [-0.39, 0.29) is 0 Å². The van der Waals surface area contributed by atoms with Gasteiger partial charge in [-0.15, -0.1) is 11.3 Å². The molecule has 2 nitrogen and oxygen atoms in total. The predicted molar refractivity (Wildman–Crippen MR) is 63.0 cm³/mol. The largest absolute Gasteiger partial charge is 0.319 e. The zero-order chi connectivity index (χ0) is 10.8. The molecule has 1 aromatic heterocycles. The summed E-state index contributed by atoms with van der Waals surface area (Å²) in [6.45, 7) is 9.80. The minimum atomic E-state index is 0.297. The summed E-state index contributed by atoms with van der Waals surface area (Å²) in [4.78, 5) is 5.92. The first-order chi connectivity index (χ1) is 6.44. The molecule has 0 amide bonds. The Balaban J connectivity index is 2.68. The van der Waals surface area contributed by atoms with Crippen LogP contribution in [0, 0.1) is 19.3 Å². The van der Waals surface area contributed by atoms with Gasteiger partial charge in [0.2, 0.25) is 0 Å². The fourth-order valence-electron chi connectivity index (χ4n) is 1.57. The van der Waals surface area contributed by atoms with Crippen molar-refractivity contribution in [3.8, 4) is 0 Å². The number of aryl methyl sites for hydroxylation is 2. The summed E-state index contributed by atoms with van der Waals surface area (Å²) in [6.07, 6.45) is 1.06. The maximum atomic E-state index is 4.57. The maximum Gasteiger partial charge on any atom is 0.0936 e. The molecule has 0 radical (unpaired) electrons. The third-order valence-electron chi connectivity index (χ3n) is 2.36. The SMILES string of the molecule is CNCC(C)(C)Cc1nc(C)c(C)s1. The average Bonchev–Trinajstić information content (AvgIpc) is 2.29. The molecule has 0 aliphatic rings. The topological polar surface area (TPSA) is 24.9 Å². The molecule has 1 rings (SSSR count). The Morgan fingerprint density at radius 1 is 1.36 bits per heavy atom. The van der Waals surface area contributed by atoms with Crippen molar-refractivity contribution in [1.29, 1.82) is 0 Å². The van der Waals surface area contributed by atoms with Crippen molar-refractivity contribution >= 4 is 11.3 Å². The van der Waals surface area contributed by atoms with E-state index < -0.39 is 0 Å². The van der Waals surface area contributed by atoms with Crippen molar-refractivity contribution in [1.82, 2.24) is 10.3 Å². The number of aromatic nitrogens is 1. The van der Waals surface area contributed by atoms with E-state index in [9.17, 15) is 0 Å². The zero-order valence-electron chi connectivity index (χ0n) is 9.77. The van der Waals surface area contributed by atoms with Gasteiger partial charge in [-0.3, -0.25) is 0 Å². The van der Waals surface area contributed by atoms with Crippen molar-refractivity contribution in [3.05, 3.63) is 15.6 Å². The molecule has 0 spiro atoms. The van der Waals surface area contributed by atoms with Crippen LogP contribution in [0.5, 0.6) is 0 Å². The monoisotopic (exact) mass is 212 g/mol. The second-order valence-corrected chi connectivity index (χ2v) is 5.91. The minimum Gasteiger partial charge on any atom is -0.319 e. The van der Waals surface area contributed by atoms with Crippen LogP contribution in [-0.2, 0) is 6.42 Å². The average molecular weight is 212 g/mol. The first-order valence-corrected chi connectivity index (χ1v) is 5.84. The van der Waals surface area contributed by atoms with Gasteiger partial charge in [0.25, 0.3) is 0 Å². The lowest BCUT2D eigenvalue weighted by Crippen LogP contribution is -2.28. The van der Waals surface area contributed by atoms with Crippen LogP contribution in [0.3, 0.4) is 0 Å². The molecular formula is C11H20N2S. The zero-order valence-corrected chi connectivity index (χ0v) is 10.6. The highest BCUT2D eigenvalue weighted by molar-refractivity contribution is 7.11. The Labute approximate surface area is 90.8 Å². The molecule has 0 aliphatic heterocycles. The van der Waals surface area contributed by atoms with E-state index in [1.807, 2.05) is 18.4 Å². The first-order valence-electron chi connectivity index (χ1n) is 5.02. The van der Waals surface area contributed by atoms with E-state index in [2.05, 4.69) is 38.0 Å². The van der Waals surface area contributed by atoms with Crippen LogP contribution in [0.1, 0.15) is 29.4 Å². The standard InChI is InChI=1S/C11H20N2S/c1-8-9(2)14-10(13-8)6-11(3,4)7-12-5/h12H,6-7H2,1-5H3. The minimum absolute atomic E-state index is 0.297. The highest BCUT2D eigenvalue weighted by Crippen LogP contribution is 2.25. The van der Waals surface area contributed by atoms with Gasteiger partial charge in [-0.05, 0) is 26.3 Å². The Kier molecular flexibility index (Phi) is 3.67. The molecule has 1 aromatic rings. The van der Waals surface area contributed by atoms with Gasteiger partial charge in [-0.1, -0.05) is 13.8 Å². The summed E-state index contributed by atoms with van der Waals surface area (Å²) in [5, 5.41) is 4.49. The van der Waals surface area contributed by atoms with Gasteiger partial charge < -0.3 is 5.32 Å². The number of nitrogens with one attached hydrogen (secondary N) is 1. The Morgan fingerprint density at radius 3 is 2.43 bits per heavy atom. The Hall–Kier alpha value is -0.410. The molecule has 1 heterocycles. The lowest BCUT2D eigenvalue weighted by molar-refractivity contribution is 0.349. The van der Waals surface area contributed by atoms with Gasteiger partial charge >= 0.3 is 0 Å². The molecule has 0 bridgehead atoms. The van der Waals surface area contributed by atoms with E-state index in [1.54, 1.807) is 0 Å². The van der Waals surface area contributed by atoms with Gasteiger partial charge in [0.05, 0.1) is 10.7 Å². The molecular weight excluding hydrogens is 192 g/mol. The third-order valence-corrected chi connectivity index (χ3v) is 3.43. The van der Waals surface area contributed by atoms with Crippen LogP contribution in [0.4, 0.5) is 0 Å². The van der Waals surface area contributed by atoms with Crippen LogP contribution >= 0.6 is 11.3 Å². The molecule has 0 saturated heterocycles. The van der Waals surface area contributed by atoms with E-state index >= 15 is 0 Å². The van der Waals surface area contributed by atoms with E-state index in [0.29, 0.717) is 5.41 Å². The summed E-state index contributed by atoms with van der Waals surface area (Å²) in [5.41, 5.74) is 1.48. The molecule has 0 unspecified atom stereocenters. The summed E-state index contributed by atoms with van der Waals surface area (Å²) in [7, 11) is 2.00. The fourth-order valence-corrected chi connectivity index (χ4v) is 2.76. The summed E-state index contributed by atoms with van der Waals surface area (Å²) in [6, 6.07) is 0. The van der Waals surface area contributed by atoms with E-state index in [1.165, 1.54) is 15.6 Å². The van der Waals surface area contributed by atoms with Crippen molar-refractivity contribution < 1.29 is 0 Å². The fraction of sp³-hybridized carbons (Fsp3) is 0.727. The smallest absolute Gasteiger partial charge is 0.0936 e. The lowest BCUT2D eigenvalue weighted by atomic mass is 9.90. The summed E-state index contributed by atoms with van der Waals surface area (Å²) in [5.74, 6) is 0. The van der Waals surface area contributed by atoms with Gasteiger partial charge in [0.1, 0.15) is 0 Å². The van der Waals surface area contributed by atoms with Crippen molar-refractivity contribution in [3.63, 3.8) is 0 Å². The number of hydrogen-bond donors (Lipinski definition) is 1. The summed E-state index contributed by atoms with van der Waals surface area (Å²) >= 11 is 1.83. The van der Waals surface area contributed by atoms with Crippen LogP contribution in [0.2, 0.25) is 0 Å². The first kappa shape index (κ1) is 11.7. The molecule has 0 fully saturated rings. The lowest BCUT2D eigenvalue weighted by Gasteiger charge is -2.22. The number of thiazole rings is 1. The quantitative estimate of drug-likeness (QED) is 0.829. The molecule has 1 N–H and O–H groups in total. The highest BCUT2D eigenvalue weighted by Gasteiger charge is 2.19. The van der Waals surface area contributed by atoms with Crippen molar-refractivity contribution in [2.75, 3.05) is 13.6 Å². The Morgan fingerprint density at radius 2 is 2.00 bits per heavy atom. The van der Waals surface area contributed by atoms with Gasteiger partial charge in [0.15, 0.2) is 0 Å². The highest BCUT2D eigenvalue weighted by atomic mass is 32.1. The molecule has 3 heteroatoms. The van der Waals surface area contributed by atoms with Crippen LogP contribution in [0.15, 0.2) is 0 Å². The van der Waals surface area contributed by atoms with Crippen LogP contribution < -0.4 is 5.32 Å². The number of rotatable bonds is 4. The number of nitrogens with zero attached hydrogens (tertiary/aromatic N) is 1. The predicted octanol–water partition coefficient (Wildman–Crippen LogP) is 2.55. The van der Waals surface area contributed by atoms with Gasteiger partial charge in [-0.25, -0.2) is 4.98 Å².